The fraction of sp³-hybridized carbons (Fsp3) is 0.118. The molecule has 1 aromatic heterocycles. The predicted octanol–water partition coefficient (Wildman–Crippen LogP) is 3.44. The highest BCUT2D eigenvalue weighted by molar-refractivity contribution is 7.71. The molecule has 10 heteroatoms. The minimum Gasteiger partial charge on any atom is -0.454 e. The minimum atomic E-state index is -0.500. The van der Waals surface area contributed by atoms with Crippen molar-refractivity contribution < 1.29 is 14.4 Å². The molecule has 1 aliphatic rings. The summed E-state index contributed by atoms with van der Waals surface area (Å²) in [5.41, 5.74) is 1.97. The van der Waals surface area contributed by atoms with Crippen LogP contribution in [0.5, 0.6) is 11.5 Å². The number of hydrogen-bond donors (Lipinski definition) is 1. The maximum atomic E-state index is 11.4. The summed E-state index contributed by atoms with van der Waals surface area (Å²) in [6.07, 6.45) is 1.35. The van der Waals surface area contributed by atoms with Crippen LogP contribution in [-0.4, -0.2) is 32.8 Å². The van der Waals surface area contributed by atoms with Crippen LogP contribution >= 0.6 is 12.2 Å². The van der Waals surface area contributed by atoms with Gasteiger partial charge in [-0.1, -0.05) is 24.3 Å². The van der Waals surface area contributed by atoms with Crippen molar-refractivity contribution in [3.05, 3.63) is 62.4 Å². The molecule has 0 fully saturated rings. The highest BCUT2D eigenvalue weighted by Crippen LogP contribution is 2.37. The Kier molecular flexibility index (Phi) is 4.16. The number of rotatable bonds is 4. The lowest BCUT2D eigenvalue weighted by atomic mass is 10.1. The summed E-state index contributed by atoms with van der Waals surface area (Å²) >= 11 is 5.25. The molecular formula is C17H13N5O4S. The second kappa shape index (κ2) is 6.65. The molecule has 3 aromatic rings. The van der Waals surface area contributed by atoms with Gasteiger partial charge in [0, 0.05) is 5.56 Å². The van der Waals surface area contributed by atoms with Gasteiger partial charge in [0.15, 0.2) is 17.3 Å². The van der Waals surface area contributed by atoms with E-state index in [1.54, 1.807) is 0 Å². The third-order valence-corrected chi connectivity index (χ3v) is 4.33. The zero-order valence-electron chi connectivity index (χ0n) is 14.1. The number of H-pyrrole nitrogens is 1. The molecule has 0 saturated heterocycles. The first-order valence-electron chi connectivity index (χ1n) is 7.90. The number of aryl methyl sites for hydroxylation is 1. The van der Waals surface area contributed by atoms with Crippen molar-refractivity contribution >= 4 is 24.1 Å². The average Bonchev–Trinajstić information content (AvgIpc) is 3.25. The van der Waals surface area contributed by atoms with E-state index >= 15 is 0 Å². The molecule has 0 radical (unpaired) electrons. The van der Waals surface area contributed by atoms with Gasteiger partial charge in [-0.2, -0.15) is 14.9 Å². The maximum Gasteiger partial charge on any atom is 0.282 e. The molecule has 1 N–H and O–H groups in total. The first-order valence-corrected chi connectivity index (χ1v) is 8.31. The molecule has 0 amide bonds. The monoisotopic (exact) mass is 383 g/mol. The summed E-state index contributed by atoms with van der Waals surface area (Å²) in [6.45, 7) is 1.97. The summed E-state index contributed by atoms with van der Waals surface area (Å²) in [6, 6.07) is 10.5. The van der Waals surface area contributed by atoms with E-state index in [0.29, 0.717) is 17.3 Å². The van der Waals surface area contributed by atoms with Crippen molar-refractivity contribution in [3.63, 3.8) is 0 Å². The number of hydrogen-bond acceptors (Lipinski definition) is 7. The number of ether oxygens (including phenoxy) is 2. The topological polar surface area (TPSA) is 108 Å². The van der Waals surface area contributed by atoms with Crippen molar-refractivity contribution in [2.75, 3.05) is 6.79 Å². The fourth-order valence-corrected chi connectivity index (χ4v) is 2.90. The van der Waals surface area contributed by atoms with E-state index in [4.69, 9.17) is 21.7 Å². The van der Waals surface area contributed by atoms with Crippen molar-refractivity contribution in [1.29, 1.82) is 0 Å². The lowest BCUT2D eigenvalue weighted by Crippen LogP contribution is -1.99. The van der Waals surface area contributed by atoms with Gasteiger partial charge in [-0.15, -0.1) is 0 Å². The highest BCUT2D eigenvalue weighted by atomic mass is 32.1. The van der Waals surface area contributed by atoms with Crippen LogP contribution in [0.15, 0.2) is 41.5 Å². The number of benzene rings is 2. The van der Waals surface area contributed by atoms with E-state index < -0.39 is 4.92 Å². The van der Waals surface area contributed by atoms with Gasteiger partial charge in [0.1, 0.15) is 0 Å². The Morgan fingerprint density at radius 1 is 1.33 bits per heavy atom. The number of nitrogens with zero attached hydrogens (tertiary/aromatic N) is 4. The lowest BCUT2D eigenvalue weighted by molar-refractivity contribution is -0.385. The second-order valence-electron chi connectivity index (χ2n) is 5.75. The van der Waals surface area contributed by atoms with Crippen LogP contribution in [0.1, 0.15) is 11.1 Å². The number of nitrogens with one attached hydrogen (secondary N) is 1. The molecule has 136 valence electrons. The summed E-state index contributed by atoms with van der Waals surface area (Å²) in [5.74, 6) is 1.27. The normalized spacial score (nSPS) is 12.6. The van der Waals surface area contributed by atoms with E-state index in [1.807, 2.05) is 31.2 Å². The van der Waals surface area contributed by atoms with E-state index in [1.165, 1.54) is 23.0 Å². The largest absolute Gasteiger partial charge is 0.454 e. The summed E-state index contributed by atoms with van der Waals surface area (Å²) in [5, 5.41) is 22.6. The molecular weight excluding hydrogens is 370 g/mol. The van der Waals surface area contributed by atoms with Gasteiger partial charge in [0.2, 0.25) is 11.6 Å². The Labute approximate surface area is 158 Å². The van der Waals surface area contributed by atoms with Crippen LogP contribution in [0.25, 0.3) is 11.4 Å². The minimum absolute atomic E-state index is 0.0251. The molecule has 0 spiro atoms. The molecule has 0 atom stereocenters. The predicted molar refractivity (Wildman–Crippen MR) is 99.8 cm³/mol. The zero-order chi connectivity index (χ0) is 19.0. The molecule has 1 aliphatic heterocycles. The average molecular weight is 383 g/mol. The quantitative estimate of drug-likeness (QED) is 0.320. The van der Waals surface area contributed by atoms with E-state index in [0.717, 1.165) is 11.1 Å². The summed E-state index contributed by atoms with van der Waals surface area (Å²) in [4.78, 5) is 10.9. The molecule has 27 heavy (non-hydrogen) atoms. The van der Waals surface area contributed by atoms with E-state index in [2.05, 4.69) is 15.3 Å². The van der Waals surface area contributed by atoms with Crippen molar-refractivity contribution in [2.24, 2.45) is 5.10 Å². The maximum absolute atomic E-state index is 11.4. The molecule has 4 rings (SSSR count). The number of nitro benzene ring substituents is 1. The number of nitro groups is 1. The Morgan fingerprint density at radius 3 is 2.81 bits per heavy atom. The van der Waals surface area contributed by atoms with Crippen molar-refractivity contribution in [2.45, 2.75) is 6.92 Å². The van der Waals surface area contributed by atoms with Gasteiger partial charge >= 0.3 is 0 Å². The number of fused-ring (bicyclic) bond motifs is 1. The smallest absolute Gasteiger partial charge is 0.282 e. The van der Waals surface area contributed by atoms with E-state index in [9.17, 15) is 10.1 Å². The number of aromatic amines is 1. The van der Waals surface area contributed by atoms with Crippen LogP contribution in [0, 0.1) is 21.8 Å². The van der Waals surface area contributed by atoms with Gasteiger partial charge in [0.05, 0.1) is 22.8 Å². The third-order valence-electron chi connectivity index (χ3n) is 4.07. The summed E-state index contributed by atoms with van der Waals surface area (Å²) in [7, 11) is 0. The fourth-order valence-electron chi connectivity index (χ4n) is 2.73. The Bertz CT molecular complexity index is 1130. The second-order valence-corrected chi connectivity index (χ2v) is 6.13. The van der Waals surface area contributed by atoms with Crippen LogP contribution in [-0.2, 0) is 0 Å². The van der Waals surface area contributed by atoms with Crippen LogP contribution in [0.3, 0.4) is 0 Å². The van der Waals surface area contributed by atoms with Crippen molar-refractivity contribution in [3.8, 4) is 22.9 Å². The van der Waals surface area contributed by atoms with Gasteiger partial charge in [-0.05, 0) is 30.8 Å². The van der Waals surface area contributed by atoms with Crippen LogP contribution < -0.4 is 9.47 Å². The Hall–Kier alpha value is -3.53. The lowest BCUT2D eigenvalue weighted by Gasteiger charge is -2.04. The first-order chi connectivity index (χ1) is 13.0. The standard InChI is InChI=1S/C17H13N5O4S/c1-10-4-2-3-5-12(10)16-19-20-17(27)21(16)18-8-11-6-14-15(26-9-25-14)7-13(11)22(23)24/h2-8H,9H2,1H3,(H,20,27)/b18-8-. The molecule has 9 nitrogen and oxygen atoms in total. The van der Waals surface area contributed by atoms with Gasteiger partial charge < -0.3 is 9.47 Å². The summed E-state index contributed by atoms with van der Waals surface area (Å²) < 4.78 is 12.2. The molecule has 2 heterocycles. The molecule has 0 saturated carbocycles. The molecule has 0 unspecified atom stereocenters. The first kappa shape index (κ1) is 16.9. The van der Waals surface area contributed by atoms with Gasteiger partial charge in [-0.25, -0.2) is 5.10 Å². The van der Waals surface area contributed by atoms with Gasteiger partial charge in [0.25, 0.3) is 5.69 Å². The molecule has 2 aromatic carbocycles. The number of aromatic nitrogens is 3. The third kappa shape index (κ3) is 3.06. The molecule has 0 bridgehead atoms. The van der Waals surface area contributed by atoms with E-state index in [-0.39, 0.29) is 22.8 Å². The zero-order valence-corrected chi connectivity index (χ0v) is 14.9. The van der Waals surface area contributed by atoms with Crippen molar-refractivity contribution in [1.82, 2.24) is 14.9 Å². The molecule has 0 aliphatic carbocycles. The van der Waals surface area contributed by atoms with Gasteiger partial charge in [-0.3, -0.25) is 10.1 Å². The SMILES string of the molecule is Cc1ccccc1-c1n[nH]c(=S)n1/N=C\c1cc2c(cc1[N+](=O)[O-])OCO2. The highest BCUT2D eigenvalue weighted by Gasteiger charge is 2.22. The Morgan fingerprint density at radius 2 is 2.07 bits per heavy atom. The van der Waals surface area contributed by atoms with Crippen LogP contribution in [0.2, 0.25) is 0 Å². The van der Waals surface area contributed by atoms with Crippen LogP contribution in [0.4, 0.5) is 5.69 Å². The Balaban J connectivity index is 1.79.